The van der Waals surface area contributed by atoms with Gasteiger partial charge in [0.05, 0.1) is 6.42 Å². The number of likely N-dealkylation sites (tertiary alicyclic amines) is 1. The third kappa shape index (κ3) is 3.01. The lowest BCUT2D eigenvalue weighted by atomic mass is 9.96. The first kappa shape index (κ1) is 15.1. The van der Waals surface area contributed by atoms with Crippen LogP contribution in [0.1, 0.15) is 37.3 Å². The van der Waals surface area contributed by atoms with Crippen molar-refractivity contribution in [2.75, 3.05) is 25.0 Å². The molecule has 0 aromatic heterocycles. The standard InChI is InChI=1S/C18H24N2O2/c1-13-7-9-20(10-8-13)18(22)12-14-3-5-16-15(11-14)4-6-17(21)19(16)2/h3,5,11,13H,4,6-10,12H2,1-2H3. The maximum atomic E-state index is 12.4. The average Bonchev–Trinajstić information content (AvgIpc) is 2.51. The normalized spacial score (nSPS) is 19.3. The number of nitrogens with zero attached hydrogens (tertiary/aromatic N) is 2. The minimum atomic E-state index is 0.166. The summed E-state index contributed by atoms with van der Waals surface area (Å²) in [6.07, 6.45) is 4.04. The molecule has 2 amide bonds. The summed E-state index contributed by atoms with van der Waals surface area (Å²) in [5.74, 6) is 1.13. The van der Waals surface area contributed by atoms with E-state index in [4.69, 9.17) is 0 Å². The van der Waals surface area contributed by atoms with E-state index in [2.05, 4.69) is 13.0 Å². The Bertz CT molecular complexity index is 589. The van der Waals surface area contributed by atoms with Gasteiger partial charge < -0.3 is 9.80 Å². The summed E-state index contributed by atoms with van der Waals surface area (Å²) in [6, 6.07) is 6.06. The molecule has 0 atom stereocenters. The molecule has 0 radical (unpaired) electrons. The molecule has 0 bridgehead atoms. The molecule has 1 aromatic rings. The number of benzene rings is 1. The Labute approximate surface area is 132 Å². The zero-order valence-electron chi connectivity index (χ0n) is 13.5. The van der Waals surface area contributed by atoms with Crippen LogP contribution in [-0.4, -0.2) is 36.9 Å². The highest BCUT2D eigenvalue weighted by atomic mass is 16.2. The van der Waals surface area contributed by atoms with Gasteiger partial charge in [0.15, 0.2) is 0 Å². The van der Waals surface area contributed by atoms with E-state index in [1.807, 2.05) is 24.1 Å². The second-order valence-electron chi connectivity index (χ2n) is 6.66. The molecule has 0 saturated carbocycles. The summed E-state index contributed by atoms with van der Waals surface area (Å²) in [4.78, 5) is 27.9. The van der Waals surface area contributed by atoms with Gasteiger partial charge in [0, 0.05) is 32.2 Å². The monoisotopic (exact) mass is 300 g/mol. The predicted octanol–water partition coefficient (Wildman–Crippen LogP) is 2.40. The van der Waals surface area contributed by atoms with Crippen LogP contribution in [-0.2, 0) is 22.4 Å². The Kier molecular flexibility index (Phi) is 4.19. The lowest BCUT2D eigenvalue weighted by Gasteiger charge is -2.30. The maximum Gasteiger partial charge on any atom is 0.227 e. The molecule has 0 N–H and O–H groups in total. The lowest BCUT2D eigenvalue weighted by molar-refractivity contribution is -0.131. The van der Waals surface area contributed by atoms with E-state index in [1.165, 1.54) is 5.56 Å². The molecule has 3 rings (SSSR count). The van der Waals surface area contributed by atoms with E-state index < -0.39 is 0 Å². The molecule has 4 heteroatoms. The Balaban J connectivity index is 1.68. The first-order valence-electron chi connectivity index (χ1n) is 8.20. The van der Waals surface area contributed by atoms with E-state index in [9.17, 15) is 9.59 Å². The molecule has 118 valence electrons. The summed E-state index contributed by atoms with van der Waals surface area (Å²) < 4.78 is 0. The molecule has 2 heterocycles. The first-order chi connectivity index (χ1) is 10.5. The van der Waals surface area contributed by atoms with Crippen molar-refractivity contribution in [3.63, 3.8) is 0 Å². The topological polar surface area (TPSA) is 40.6 Å². The van der Waals surface area contributed by atoms with Crippen LogP contribution >= 0.6 is 0 Å². The van der Waals surface area contributed by atoms with Crippen LogP contribution < -0.4 is 4.90 Å². The summed E-state index contributed by atoms with van der Waals surface area (Å²) >= 11 is 0. The Morgan fingerprint density at radius 1 is 1.23 bits per heavy atom. The fraction of sp³-hybridized carbons (Fsp3) is 0.556. The number of fused-ring (bicyclic) bond motifs is 1. The van der Waals surface area contributed by atoms with E-state index in [0.29, 0.717) is 12.8 Å². The minimum Gasteiger partial charge on any atom is -0.342 e. The molecule has 2 aliphatic rings. The molecule has 22 heavy (non-hydrogen) atoms. The largest absolute Gasteiger partial charge is 0.342 e. The third-order valence-corrected chi connectivity index (χ3v) is 4.98. The number of carbonyl (C=O) groups is 2. The summed E-state index contributed by atoms with van der Waals surface area (Å²) in [7, 11) is 1.82. The first-order valence-corrected chi connectivity index (χ1v) is 8.20. The van der Waals surface area contributed by atoms with Crippen LogP contribution in [0, 0.1) is 5.92 Å². The predicted molar refractivity (Wildman–Crippen MR) is 86.9 cm³/mol. The molecule has 0 spiro atoms. The molecule has 0 unspecified atom stereocenters. The van der Waals surface area contributed by atoms with Gasteiger partial charge in [-0.1, -0.05) is 19.1 Å². The smallest absolute Gasteiger partial charge is 0.227 e. The van der Waals surface area contributed by atoms with Crippen LogP contribution in [0.15, 0.2) is 18.2 Å². The van der Waals surface area contributed by atoms with Gasteiger partial charge in [0.25, 0.3) is 0 Å². The van der Waals surface area contributed by atoms with Gasteiger partial charge in [-0.3, -0.25) is 9.59 Å². The fourth-order valence-electron chi connectivity index (χ4n) is 3.36. The second-order valence-corrected chi connectivity index (χ2v) is 6.66. The highest BCUT2D eigenvalue weighted by Gasteiger charge is 2.23. The van der Waals surface area contributed by atoms with E-state index in [0.717, 1.165) is 49.5 Å². The lowest BCUT2D eigenvalue weighted by Crippen LogP contribution is -2.38. The number of piperidine rings is 1. The van der Waals surface area contributed by atoms with Gasteiger partial charge >= 0.3 is 0 Å². The average molecular weight is 300 g/mol. The Hall–Kier alpha value is -1.84. The maximum absolute atomic E-state index is 12.4. The van der Waals surface area contributed by atoms with E-state index in [-0.39, 0.29) is 11.8 Å². The van der Waals surface area contributed by atoms with Crippen molar-refractivity contribution in [2.45, 2.75) is 39.0 Å². The van der Waals surface area contributed by atoms with Crippen LogP contribution in [0.4, 0.5) is 5.69 Å². The number of anilines is 1. The highest BCUT2D eigenvalue weighted by molar-refractivity contribution is 5.96. The molecular formula is C18H24N2O2. The van der Waals surface area contributed by atoms with Gasteiger partial charge in [0.1, 0.15) is 0 Å². The number of hydrogen-bond donors (Lipinski definition) is 0. The SMILES string of the molecule is CC1CCN(C(=O)Cc2ccc3c(c2)CCC(=O)N3C)CC1. The molecule has 2 aliphatic heterocycles. The van der Waals surface area contributed by atoms with Gasteiger partial charge in [-0.05, 0) is 42.4 Å². The summed E-state index contributed by atoms with van der Waals surface area (Å²) in [5, 5.41) is 0. The fourth-order valence-corrected chi connectivity index (χ4v) is 3.36. The molecule has 1 fully saturated rings. The number of amides is 2. The van der Waals surface area contributed by atoms with Crippen LogP contribution in [0.5, 0.6) is 0 Å². The van der Waals surface area contributed by atoms with Crippen molar-refractivity contribution < 1.29 is 9.59 Å². The summed E-state index contributed by atoms with van der Waals surface area (Å²) in [5.41, 5.74) is 3.23. The van der Waals surface area contributed by atoms with E-state index >= 15 is 0 Å². The van der Waals surface area contributed by atoms with E-state index in [1.54, 1.807) is 4.90 Å². The van der Waals surface area contributed by atoms with Gasteiger partial charge in [-0.25, -0.2) is 0 Å². The molecule has 0 aliphatic carbocycles. The molecule has 1 aromatic carbocycles. The minimum absolute atomic E-state index is 0.166. The quantitative estimate of drug-likeness (QED) is 0.841. The van der Waals surface area contributed by atoms with Crippen LogP contribution in [0.2, 0.25) is 0 Å². The van der Waals surface area contributed by atoms with Gasteiger partial charge in [0.2, 0.25) is 11.8 Å². The molecular weight excluding hydrogens is 276 g/mol. The van der Waals surface area contributed by atoms with Crippen LogP contribution in [0.25, 0.3) is 0 Å². The van der Waals surface area contributed by atoms with Crippen molar-refractivity contribution in [3.8, 4) is 0 Å². The number of rotatable bonds is 2. The van der Waals surface area contributed by atoms with Crippen LogP contribution in [0.3, 0.4) is 0 Å². The second kappa shape index (κ2) is 6.11. The Morgan fingerprint density at radius 2 is 1.95 bits per heavy atom. The van der Waals surface area contributed by atoms with Crippen molar-refractivity contribution in [1.29, 1.82) is 0 Å². The van der Waals surface area contributed by atoms with Crippen molar-refractivity contribution in [1.82, 2.24) is 4.90 Å². The number of hydrogen-bond acceptors (Lipinski definition) is 2. The van der Waals surface area contributed by atoms with Crippen molar-refractivity contribution in [3.05, 3.63) is 29.3 Å². The third-order valence-electron chi connectivity index (χ3n) is 4.98. The highest BCUT2D eigenvalue weighted by Crippen LogP contribution is 2.28. The van der Waals surface area contributed by atoms with Gasteiger partial charge in [-0.15, -0.1) is 0 Å². The molecule has 4 nitrogen and oxygen atoms in total. The van der Waals surface area contributed by atoms with Crippen molar-refractivity contribution >= 4 is 17.5 Å². The Morgan fingerprint density at radius 3 is 2.68 bits per heavy atom. The zero-order chi connectivity index (χ0) is 15.7. The molecule has 1 saturated heterocycles. The number of carbonyl (C=O) groups excluding carboxylic acids is 2. The summed E-state index contributed by atoms with van der Waals surface area (Å²) in [6.45, 7) is 4.04. The number of aryl methyl sites for hydroxylation is 1. The zero-order valence-corrected chi connectivity index (χ0v) is 13.5. The van der Waals surface area contributed by atoms with Gasteiger partial charge in [-0.2, -0.15) is 0 Å². The van der Waals surface area contributed by atoms with Crippen molar-refractivity contribution in [2.24, 2.45) is 5.92 Å².